The van der Waals surface area contributed by atoms with Crippen LogP contribution in [-0.4, -0.2) is 48.1 Å². The van der Waals surface area contributed by atoms with Crippen LogP contribution in [0.15, 0.2) is 29.4 Å². The van der Waals surface area contributed by atoms with E-state index in [0.29, 0.717) is 17.1 Å². The molecule has 0 radical (unpaired) electrons. The minimum absolute atomic E-state index is 0.156. The SMILES string of the molecule is Cc1nn(C)cc1S(=O)(=O)N1CCCC1c1ccnc(N(C)C)c1. The number of aryl methyl sites for hydroxylation is 2. The topological polar surface area (TPSA) is 71.3 Å². The van der Waals surface area contributed by atoms with Crippen LogP contribution in [-0.2, 0) is 17.1 Å². The second-order valence-corrected chi connectivity index (χ2v) is 8.23. The molecule has 1 unspecified atom stereocenters. The number of hydrogen-bond acceptors (Lipinski definition) is 5. The molecule has 0 bridgehead atoms. The predicted molar refractivity (Wildman–Crippen MR) is 92.4 cm³/mol. The maximum absolute atomic E-state index is 13.1. The van der Waals surface area contributed by atoms with Crippen molar-refractivity contribution in [3.8, 4) is 0 Å². The minimum Gasteiger partial charge on any atom is -0.363 e. The monoisotopic (exact) mass is 349 g/mol. The van der Waals surface area contributed by atoms with Crippen LogP contribution in [0.1, 0.15) is 30.1 Å². The standard InChI is InChI=1S/C16H23N5O2S/c1-12-15(11-20(4)18-12)24(22,23)21-9-5-6-14(21)13-7-8-17-16(10-13)19(2)3/h7-8,10-11,14H,5-6,9H2,1-4H3. The fraction of sp³-hybridized carbons (Fsp3) is 0.500. The number of anilines is 1. The van der Waals surface area contributed by atoms with Gasteiger partial charge >= 0.3 is 0 Å². The first-order chi connectivity index (χ1) is 11.3. The normalized spacial score (nSPS) is 18.9. The van der Waals surface area contributed by atoms with Crippen LogP contribution in [0.3, 0.4) is 0 Å². The highest BCUT2D eigenvalue weighted by molar-refractivity contribution is 7.89. The van der Waals surface area contributed by atoms with E-state index in [1.165, 1.54) is 0 Å². The summed E-state index contributed by atoms with van der Waals surface area (Å²) in [6.45, 7) is 2.26. The minimum atomic E-state index is -3.56. The summed E-state index contributed by atoms with van der Waals surface area (Å²) in [6.07, 6.45) is 4.99. The average molecular weight is 349 g/mol. The van der Waals surface area contributed by atoms with E-state index in [9.17, 15) is 8.42 Å². The molecule has 1 saturated heterocycles. The van der Waals surface area contributed by atoms with Gasteiger partial charge in [0.2, 0.25) is 10.0 Å². The molecular formula is C16H23N5O2S. The number of rotatable bonds is 4. The Bertz CT molecular complexity index is 844. The summed E-state index contributed by atoms with van der Waals surface area (Å²) in [4.78, 5) is 6.53. The van der Waals surface area contributed by atoms with Crippen LogP contribution in [0.25, 0.3) is 0 Å². The molecule has 8 heteroatoms. The molecule has 3 rings (SSSR count). The molecule has 0 amide bonds. The third-order valence-electron chi connectivity index (χ3n) is 4.37. The van der Waals surface area contributed by atoms with Crippen molar-refractivity contribution in [1.82, 2.24) is 19.1 Å². The van der Waals surface area contributed by atoms with E-state index in [1.54, 1.807) is 35.4 Å². The van der Waals surface area contributed by atoms with E-state index in [0.717, 1.165) is 24.2 Å². The van der Waals surface area contributed by atoms with Crippen LogP contribution in [0, 0.1) is 6.92 Å². The molecule has 0 aliphatic carbocycles. The molecule has 1 atom stereocenters. The molecule has 0 spiro atoms. The molecule has 2 aromatic rings. The van der Waals surface area contributed by atoms with E-state index < -0.39 is 10.0 Å². The smallest absolute Gasteiger partial charge is 0.247 e. The molecule has 1 aliphatic rings. The molecule has 2 aromatic heterocycles. The highest BCUT2D eigenvalue weighted by Crippen LogP contribution is 2.37. The Morgan fingerprint density at radius 1 is 1.33 bits per heavy atom. The zero-order chi connectivity index (χ0) is 17.5. The lowest BCUT2D eigenvalue weighted by Crippen LogP contribution is -2.31. The van der Waals surface area contributed by atoms with Crippen LogP contribution in [0.4, 0.5) is 5.82 Å². The van der Waals surface area contributed by atoms with Crippen molar-refractivity contribution >= 4 is 15.8 Å². The molecule has 7 nitrogen and oxygen atoms in total. The lowest BCUT2D eigenvalue weighted by Gasteiger charge is -2.25. The molecule has 0 saturated carbocycles. The first-order valence-corrected chi connectivity index (χ1v) is 9.40. The van der Waals surface area contributed by atoms with Crippen molar-refractivity contribution < 1.29 is 8.42 Å². The van der Waals surface area contributed by atoms with Gasteiger partial charge in [0, 0.05) is 40.1 Å². The Hall–Kier alpha value is -1.93. The van der Waals surface area contributed by atoms with Crippen molar-refractivity contribution in [2.24, 2.45) is 7.05 Å². The third-order valence-corrected chi connectivity index (χ3v) is 6.38. The van der Waals surface area contributed by atoms with Gasteiger partial charge in [0.1, 0.15) is 10.7 Å². The van der Waals surface area contributed by atoms with Crippen LogP contribution in [0.5, 0.6) is 0 Å². The fourth-order valence-electron chi connectivity index (χ4n) is 3.20. The van der Waals surface area contributed by atoms with Crippen molar-refractivity contribution in [2.45, 2.75) is 30.7 Å². The lowest BCUT2D eigenvalue weighted by molar-refractivity contribution is 0.396. The number of aromatic nitrogens is 3. The predicted octanol–water partition coefficient (Wildman–Crippen LogP) is 1.72. The third kappa shape index (κ3) is 2.91. The van der Waals surface area contributed by atoms with Gasteiger partial charge in [0.25, 0.3) is 0 Å². The second-order valence-electron chi connectivity index (χ2n) is 6.37. The molecule has 3 heterocycles. The molecular weight excluding hydrogens is 326 g/mol. The summed E-state index contributed by atoms with van der Waals surface area (Å²) < 4.78 is 29.4. The molecule has 24 heavy (non-hydrogen) atoms. The van der Waals surface area contributed by atoms with Crippen LogP contribution in [0.2, 0.25) is 0 Å². The summed E-state index contributed by atoms with van der Waals surface area (Å²) in [7, 11) is 2.02. The summed E-state index contributed by atoms with van der Waals surface area (Å²) in [5, 5.41) is 4.18. The van der Waals surface area contributed by atoms with Gasteiger partial charge in [0.05, 0.1) is 11.7 Å². The van der Waals surface area contributed by atoms with Gasteiger partial charge in [-0.3, -0.25) is 4.68 Å². The van der Waals surface area contributed by atoms with Crippen LogP contribution < -0.4 is 4.90 Å². The van der Waals surface area contributed by atoms with E-state index in [2.05, 4.69) is 10.1 Å². The van der Waals surface area contributed by atoms with E-state index in [1.807, 2.05) is 31.1 Å². The lowest BCUT2D eigenvalue weighted by atomic mass is 10.1. The second kappa shape index (κ2) is 6.18. The number of pyridine rings is 1. The Balaban J connectivity index is 1.99. The van der Waals surface area contributed by atoms with Gasteiger partial charge in [0.15, 0.2) is 0 Å². The van der Waals surface area contributed by atoms with Crippen molar-refractivity contribution in [3.63, 3.8) is 0 Å². The van der Waals surface area contributed by atoms with Crippen molar-refractivity contribution in [1.29, 1.82) is 0 Å². The maximum Gasteiger partial charge on any atom is 0.247 e. The quantitative estimate of drug-likeness (QED) is 0.840. The molecule has 1 fully saturated rings. The van der Waals surface area contributed by atoms with E-state index in [-0.39, 0.29) is 6.04 Å². The first-order valence-electron chi connectivity index (χ1n) is 7.96. The van der Waals surface area contributed by atoms with E-state index in [4.69, 9.17) is 0 Å². The number of hydrogen-bond donors (Lipinski definition) is 0. The van der Waals surface area contributed by atoms with Gasteiger partial charge in [-0.1, -0.05) is 0 Å². The van der Waals surface area contributed by atoms with Crippen molar-refractivity contribution in [2.75, 3.05) is 25.5 Å². The summed E-state index contributed by atoms with van der Waals surface area (Å²) >= 11 is 0. The number of sulfonamides is 1. The Morgan fingerprint density at radius 2 is 2.08 bits per heavy atom. The van der Waals surface area contributed by atoms with Crippen molar-refractivity contribution in [3.05, 3.63) is 35.8 Å². The first kappa shape index (κ1) is 16.9. The molecule has 0 aromatic carbocycles. The maximum atomic E-state index is 13.1. The highest BCUT2D eigenvalue weighted by atomic mass is 32.2. The van der Waals surface area contributed by atoms with Gasteiger partial charge in [-0.25, -0.2) is 13.4 Å². The zero-order valence-corrected chi connectivity index (χ0v) is 15.3. The zero-order valence-electron chi connectivity index (χ0n) is 14.5. The van der Waals surface area contributed by atoms with Gasteiger partial charge < -0.3 is 4.90 Å². The summed E-state index contributed by atoms with van der Waals surface area (Å²) in [5.41, 5.74) is 1.52. The fourth-order valence-corrected chi connectivity index (χ4v) is 5.09. The Morgan fingerprint density at radius 3 is 2.71 bits per heavy atom. The van der Waals surface area contributed by atoms with E-state index >= 15 is 0 Å². The summed E-state index contributed by atoms with van der Waals surface area (Å²) in [6, 6.07) is 3.72. The van der Waals surface area contributed by atoms with Gasteiger partial charge in [-0.05, 0) is 37.5 Å². The molecule has 130 valence electrons. The molecule has 0 N–H and O–H groups in total. The average Bonchev–Trinajstić information content (AvgIpc) is 3.14. The Labute approximate surface area is 143 Å². The Kier molecular flexibility index (Phi) is 4.35. The van der Waals surface area contributed by atoms with Gasteiger partial charge in [-0.15, -0.1) is 0 Å². The van der Waals surface area contributed by atoms with Crippen LogP contribution >= 0.6 is 0 Å². The summed E-state index contributed by atoms with van der Waals surface area (Å²) in [5.74, 6) is 0.828. The highest BCUT2D eigenvalue weighted by Gasteiger charge is 2.37. The van der Waals surface area contributed by atoms with Gasteiger partial charge in [-0.2, -0.15) is 9.40 Å². The number of nitrogens with zero attached hydrogens (tertiary/aromatic N) is 5. The largest absolute Gasteiger partial charge is 0.363 e. The molecule has 1 aliphatic heterocycles.